The highest BCUT2D eigenvalue weighted by molar-refractivity contribution is 14.0. The number of nitrogens with zero attached hydrogens (tertiary/aromatic N) is 2. The molecule has 0 bridgehead atoms. The normalized spacial score (nSPS) is 12.1. The SMILES string of the molecule is CCN(CCCN=C(N)Nc1ccc(C)cc1)S(C)(=O)=O.I. The number of hydrogen-bond acceptors (Lipinski definition) is 3. The molecule has 0 aromatic heterocycles. The molecule has 8 heteroatoms. The Labute approximate surface area is 150 Å². The van der Waals surface area contributed by atoms with Crippen LogP contribution < -0.4 is 11.1 Å². The Bertz CT molecular complexity index is 573. The van der Waals surface area contributed by atoms with Crippen molar-refractivity contribution in [3.63, 3.8) is 0 Å². The Hall–Kier alpha value is -0.870. The summed E-state index contributed by atoms with van der Waals surface area (Å²) >= 11 is 0. The highest BCUT2D eigenvalue weighted by Gasteiger charge is 2.12. The van der Waals surface area contributed by atoms with E-state index in [0.29, 0.717) is 32.0 Å². The number of aliphatic imine (C=N–C) groups is 1. The van der Waals surface area contributed by atoms with Crippen molar-refractivity contribution in [1.82, 2.24) is 4.31 Å². The molecule has 0 amide bonds. The maximum atomic E-state index is 11.4. The van der Waals surface area contributed by atoms with E-state index in [1.54, 1.807) is 0 Å². The van der Waals surface area contributed by atoms with Gasteiger partial charge in [-0.05, 0) is 25.5 Å². The molecule has 6 nitrogen and oxygen atoms in total. The molecule has 1 aromatic rings. The first kappa shape index (κ1) is 21.1. The number of sulfonamides is 1. The molecular formula is C14H25IN4O2S. The van der Waals surface area contributed by atoms with Crippen LogP contribution in [0.15, 0.2) is 29.3 Å². The number of benzene rings is 1. The van der Waals surface area contributed by atoms with Gasteiger partial charge < -0.3 is 11.1 Å². The van der Waals surface area contributed by atoms with Crippen LogP contribution in [-0.4, -0.2) is 44.6 Å². The summed E-state index contributed by atoms with van der Waals surface area (Å²) in [6, 6.07) is 7.84. The van der Waals surface area contributed by atoms with Crippen LogP contribution in [0, 0.1) is 6.92 Å². The molecule has 1 aromatic carbocycles. The molecule has 0 unspecified atom stereocenters. The van der Waals surface area contributed by atoms with Crippen molar-refractivity contribution in [3.8, 4) is 0 Å². The lowest BCUT2D eigenvalue weighted by Crippen LogP contribution is -2.31. The Balaban J connectivity index is 0.00000441. The molecule has 0 saturated carbocycles. The van der Waals surface area contributed by atoms with Gasteiger partial charge in [0, 0.05) is 25.3 Å². The second-order valence-corrected chi connectivity index (χ2v) is 6.85. The summed E-state index contributed by atoms with van der Waals surface area (Å²) in [4.78, 5) is 4.19. The van der Waals surface area contributed by atoms with Gasteiger partial charge in [0.15, 0.2) is 5.96 Å². The van der Waals surface area contributed by atoms with Crippen molar-refractivity contribution in [1.29, 1.82) is 0 Å². The van der Waals surface area contributed by atoms with E-state index in [2.05, 4.69) is 10.3 Å². The van der Waals surface area contributed by atoms with Gasteiger partial charge in [0.1, 0.15) is 0 Å². The summed E-state index contributed by atoms with van der Waals surface area (Å²) < 4.78 is 24.2. The third kappa shape index (κ3) is 7.95. The fourth-order valence-electron chi connectivity index (χ4n) is 1.83. The molecule has 3 N–H and O–H groups in total. The minimum absolute atomic E-state index is 0. The maximum absolute atomic E-state index is 11.4. The van der Waals surface area contributed by atoms with Crippen molar-refractivity contribution < 1.29 is 8.42 Å². The molecule has 0 heterocycles. The number of nitrogens with two attached hydrogens (primary N) is 1. The van der Waals surface area contributed by atoms with Crippen molar-refractivity contribution >= 4 is 45.6 Å². The first-order valence-corrected chi connectivity index (χ1v) is 8.76. The van der Waals surface area contributed by atoms with Gasteiger partial charge in [-0.3, -0.25) is 4.99 Å². The minimum atomic E-state index is -3.13. The molecule has 0 aliphatic rings. The van der Waals surface area contributed by atoms with Crippen LogP contribution in [0.5, 0.6) is 0 Å². The number of rotatable bonds is 7. The van der Waals surface area contributed by atoms with E-state index in [9.17, 15) is 8.42 Å². The smallest absolute Gasteiger partial charge is 0.211 e. The second-order valence-electron chi connectivity index (χ2n) is 4.87. The summed E-state index contributed by atoms with van der Waals surface area (Å²) in [5, 5.41) is 3.00. The third-order valence-electron chi connectivity index (χ3n) is 2.99. The van der Waals surface area contributed by atoms with E-state index >= 15 is 0 Å². The summed E-state index contributed by atoms with van der Waals surface area (Å²) in [6.07, 6.45) is 1.85. The van der Waals surface area contributed by atoms with Gasteiger partial charge in [0.05, 0.1) is 6.26 Å². The standard InChI is InChI=1S/C14H24N4O2S.HI/c1-4-18(21(3,19)20)11-5-10-16-14(15)17-13-8-6-12(2)7-9-13;/h6-9H,4-5,10-11H2,1-3H3,(H3,15,16,17);1H. The molecule has 0 aliphatic heterocycles. The van der Waals surface area contributed by atoms with Crippen LogP contribution in [0.3, 0.4) is 0 Å². The van der Waals surface area contributed by atoms with Crippen LogP contribution in [0.4, 0.5) is 5.69 Å². The average molecular weight is 440 g/mol. The van der Waals surface area contributed by atoms with E-state index < -0.39 is 10.0 Å². The zero-order valence-corrected chi connectivity index (χ0v) is 16.4. The zero-order chi connectivity index (χ0) is 15.9. The summed E-state index contributed by atoms with van der Waals surface area (Å²) in [6.45, 7) is 5.24. The van der Waals surface area contributed by atoms with Gasteiger partial charge >= 0.3 is 0 Å². The Morgan fingerprint density at radius 1 is 1.32 bits per heavy atom. The van der Waals surface area contributed by atoms with Crippen LogP contribution in [0.2, 0.25) is 0 Å². The van der Waals surface area contributed by atoms with Crippen LogP contribution in [0.1, 0.15) is 18.9 Å². The lowest BCUT2D eigenvalue weighted by atomic mass is 10.2. The van der Waals surface area contributed by atoms with Crippen LogP contribution in [-0.2, 0) is 10.0 Å². The Kier molecular flexibility index (Phi) is 9.61. The van der Waals surface area contributed by atoms with Crippen molar-refractivity contribution in [2.75, 3.05) is 31.2 Å². The van der Waals surface area contributed by atoms with Gasteiger partial charge in [-0.2, -0.15) is 0 Å². The highest BCUT2D eigenvalue weighted by Crippen LogP contribution is 2.07. The molecular weight excluding hydrogens is 415 g/mol. The van der Waals surface area contributed by atoms with Gasteiger partial charge in [-0.25, -0.2) is 12.7 Å². The zero-order valence-electron chi connectivity index (χ0n) is 13.2. The van der Waals surface area contributed by atoms with Gasteiger partial charge in [0.25, 0.3) is 0 Å². The van der Waals surface area contributed by atoms with Gasteiger partial charge in [-0.15, -0.1) is 24.0 Å². The molecule has 0 radical (unpaired) electrons. The molecule has 0 atom stereocenters. The predicted molar refractivity (Wildman–Crippen MR) is 103 cm³/mol. The van der Waals surface area contributed by atoms with E-state index in [0.717, 1.165) is 5.69 Å². The molecule has 0 fully saturated rings. The van der Waals surface area contributed by atoms with E-state index in [-0.39, 0.29) is 24.0 Å². The quantitative estimate of drug-likeness (QED) is 0.294. The van der Waals surface area contributed by atoms with Crippen molar-refractivity contribution in [3.05, 3.63) is 29.8 Å². The molecule has 0 spiro atoms. The number of nitrogens with one attached hydrogen (secondary N) is 1. The second kappa shape index (κ2) is 10.0. The fraction of sp³-hybridized carbons (Fsp3) is 0.500. The molecule has 22 heavy (non-hydrogen) atoms. The molecule has 126 valence electrons. The first-order chi connectivity index (χ1) is 9.82. The highest BCUT2D eigenvalue weighted by atomic mass is 127. The van der Waals surface area contributed by atoms with Crippen LogP contribution >= 0.6 is 24.0 Å². The van der Waals surface area contributed by atoms with Gasteiger partial charge in [0.2, 0.25) is 10.0 Å². The third-order valence-corrected chi connectivity index (χ3v) is 4.37. The summed E-state index contributed by atoms with van der Waals surface area (Å²) in [7, 11) is -3.13. The number of aryl methyl sites for hydroxylation is 1. The molecule has 1 rings (SSSR count). The monoisotopic (exact) mass is 440 g/mol. The number of guanidine groups is 1. The largest absolute Gasteiger partial charge is 0.370 e. The lowest BCUT2D eigenvalue weighted by molar-refractivity contribution is 0.427. The maximum Gasteiger partial charge on any atom is 0.211 e. The minimum Gasteiger partial charge on any atom is -0.370 e. The van der Waals surface area contributed by atoms with Crippen molar-refractivity contribution in [2.45, 2.75) is 20.3 Å². The average Bonchev–Trinajstić information content (AvgIpc) is 2.40. The van der Waals surface area contributed by atoms with Crippen molar-refractivity contribution in [2.24, 2.45) is 10.7 Å². The topological polar surface area (TPSA) is 87.8 Å². The van der Waals surface area contributed by atoms with E-state index in [1.165, 1.54) is 16.1 Å². The molecule has 0 aliphatic carbocycles. The lowest BCUT2D eigenvalue weighted by Gasteiger charge is -2.16. The van der Waals surface area contributed by atoms with E-state index in [4.69, 9.17) is 5.73 Å². The first-order valence-electron chi connectivity index (χ1n) is 6.91. The number of hydrogen-bond donors (Lipinski definition) is 2. The van der Waals surface area contributed by atoms with Crippen LogP contribution in [0.25, 0.3) is 0 Å². The van der Waals surface area contributed by atoms with E-state index in [1.807, 2.05) is 38.1 Å². The molecule has 0 saturated heterocycles. The van der Waals surface area contributed by atoms with Gasteiger partial charge in [-0.1, -0.05) is 24.6 Å². The summed E-state index contributed by atoms with van der Waals surface area (Å²) in [5.41, 5.74) is 7.85. The predicted octanol–water partition coefficient (Wildman–Crippen LogP) is 2.01. The Morgan fingerprint density at radius 3 is 2.41 bits per heavy atom. The number of anilines is 1. The fourth-order valence-corrected chi connectivity index (χ4v) is 2.76. The number of halogens is 1. The Morgan fingerprint density at radius 2 is 1.91 bits per heavy atom. The summed E-state index contributed by atoms with van der Waals surface area (Å²) in [5.74, 6) is 0.334.